The minimum Gasteiger partial charge on any atom is -0.344 e. The molecule has 0 aliphatic heterocycles. The zero-order valence-electron chi connectivity index (χ0n) is 22.1. The van der Waals surface area contributed by atoms with Gasteiger partial charge in [-0.3, -0.25) is 0 Å². The standard InChI is InChI=1S/C37H31N/c1-26-11-7-10-16-34(26)36-27(2)17-24-35(37(36)30-13-5-4-6-14-30)38(3)33-22-20-29(21-23-33)32-19-18-28-12-8-9-15-31(28)25-32/h4-25H,1-3H3. The van der Waals surface area contributed by atoms with Crippen molar-refractivity contribution in [2.24, 2.45) is 0 Å². The number of rotatable bonds is 5. The summed E-state index contributed by atoms with van der Waals surface area (Å²) in [6.07, 6.45) is 0. The maximum absolute atomic E-state index is 2.31. The summed E-state index contributed by atoms with van der Waals surface area (Å²) in [6.45, 7) is 4.42. The van der Waals surface area contributed by atoms with E-state index in [9.17, 15) is 0 Å². The van der Waals surface area contributed by atoms with E-state index < -0.39 is 0 Å². The summed E-state index contributed by atoms with van der Waals surface area (Å²) >= 11 is 0. The monoisotopic (exact) mass is 489 g/mol. The molecule has 0 heterocycles. The Morgan fingerprint density at radius 2 is 1.11 bits per heavy atom. The summed E-state index contributed by atoms with van der Waals surface area (Å²) in [6, 6.07) is 48.1. The van der Waals surface area contributed by atoms with Gasteiger partial charge in [-0.05, 0) is 87.8 Å². The van der Waals surface area contributed by atoms with Crippen molar-refractivity contribution < 1.29 is 0 Å². The maximum atomic E-state index is 2.31. The van der Waals surface area contributed by atoms with Crippen LogP contribution in [0.15, 0.2) is 133 Å². The van der Waals surface area contributed by atoms with Gasteiger partial charge in [0.15, 0.2) is 0 Å². The molecule has 6 aromatic rings. The van der Waals surface area contributed by atoms with Gasteiger partial charge in [0, 0.05) is 24.0 Å². The molecule has 184 valence electrons. The zero-order chi connectivity index (χ0) is 26.1. The van der Waals surface area contributed by atoms with E-state index in [2.05, 4.69) is 159 Å². The van der Waals surface area contributed by atoms with Crippen LogP contribution in [0.25, 0.3) is 44.2 Å². The van der Waals surface area contributed by atoms with Crippen LogP contribution in [0, 0.1) is 13.8 Å². The highest BCUT2D eigenvalue weighted by Crippen LogP contribution is 2.44. The van der Waals surface area contributed by atoms with Crippen LogP contribution >= 0.6 is 0 Å². The van der Waals surface area contributed by atoms with E-state index in [-0.39, 0.29) is 0 Å². The van der Waals surface area contributed by atoms with Crippen LogP contribution in [0.5, 0.6) is 0 Å². The maximum Gasteiger partial charge on any atom is 0.0494 e. The normalized spacial score (nSPS) is 11.0. The van der Waals surface area contributed by atoms with Gasteiger partial charge in [0.05, 0.1) is 0 Å². The molecule has 1 heteroatoms. The third-order valence-electron chi connectivity index (χ3n) is 7.57. The second-order valence-electron chi connectivity index (χ2n) is 10.0. The predicted octanol–water partition coefficient (Wildman–Crippen LogP) is 10.2. The highest BCUT2D eigenvalue weighted by Gasteiger charge is 2.19. The van der Waals surface area contributed by atoms with E-state index in [0.717, 1.165) is 5.69 Å². The minimum atomic E-state index is 1.16. The smallest absolute Gasteiger partial charge is 0.0494 e. The summed E-state index contributed by atoms with van der Waals surface area (Å²) in [5.41, 5.74) is 12.4. The van der Waals surface area contributed by atoms with Gasteiger partial charge in [-0.25, -0.2) is 0 Å². The molecule has 0 saturated carbocycles. The largest absolute Gasteiger partial charge is 0.344 e. The van der Waals surface area contributed by atoms with Crippen molar-refractivity contribution in [3.05, 3.63) is 145 Å². The van der Waals surface area contributed by atoms with Crippen molar-refractivity contribution in [1.82, 2.24) is 0 Å². The minimum absolute atomic E-state index is 1.16. The molecule has 38 heavy (non-hydrogen) atoms. The van der Waals surface area contributed by atoms with Crippen molar-refractivity contribution in [1.29, 1.82) is 0 Å². The molecule has 0 fully saturated rings. The SMILES string of the molecule is Cc1ccccc1-c1c(C)ccc(N(C)c2ccc(-c3ccc4ccccc4c3)cc2)c1-c1ccccc1. The van der Waals surface area contributed by atoms with Gasteiger partial charge in [0.2, 0.25) is 0 Å². The molecule has 0 radical (unpaired) electrons. The first-order chi connectivity index (χ1) is 18.6. The van der Waals surface area contributed by atoms with Crippen LogP contribution in [0.1, 0.15) is 11.1 Å². The van der Waals surface area contributed by atoms with Gasteiger partial charge in [0.25, 0.3) is 0 Å². The molecule has 0 aliphatic carbocycles. The fourth-order valence-corrected chi connectivity index (χ4v) is 5.46. The Morgan fingerprint density at radius 1 is 0.447 bits per heavy atom. The predicted molar refractivity (Wildman–Crippen MR) is 164 cm³/mol. The van der Waals surface area contributed by atoms with Crippen LogP contribution in [-0.2, 0) is 0 Å². The van der Waals surface area contributed by atoms with Crippen molar-refractivity contribution in [3.8, 4) is 33.4 Å². The molecule has 6 rings (SSSR count). The summed E-state index contributed by atoms with van der Waals surface area (Å²) < 4.78 is 0. The van der Waals surface area contributed by atoms with Crippen molar-refractivity contribution >= 4 is 22.1 Å². The Morgan fingerprint density at radius 3 is 1.87 bits per heavy atom. The molecule has 0 amide bonds. The zero-order valence-corrected chi connectivity index (χ0v) is 22.1. The quantitative estimate of drug-likeness (QED) is 0.233. The summed E-state index contributed by atoms with van der Waals surface area (Å²) in [4.78, 5) is 2.31. The average molecular weight is 490 g/mol. The van der Waals surface area contributed by atoms with Gasteiger partial charge in [-0.2, -0.15) is 0 Å². The van der Waals surface area contributed by atoms with E-state index in [1.165, 1.54) is 61.0 Å². The molecule has 1 nitrogen and oxygen atoms in total. The van der Waals surface area contributed by atoms with Gasteiger partial charge < -0.3 is 4.90 Å². The number of fused-ring (bicyclic) bond motifs is 1. The lowest BCUT2D eigenvalue weighted by molar-refractivity contribution is 1.21. The Kier molecular flexibility index (Phi) is 6.27. The first kappa shape index (κ1) is 23.8. The number of anilines is 2. The first-order valence-electron chi connectivity index (χ1n) is 13.2. The first-order valence-corrected chi connectivity index (χ1v) is 13.2. The fourth-order valence-electron chi connectivity index (χ4n) is 5.46. The molecule has 0 saturated heterocycles. The molecule has 0 N–H and O–H groups in total. The Bertz CT molecular complexity index is 1730. The van der Waals surface area contributed by atoms with Crippen LogP contribution in [0.2, 0.25) is 0 Å². The molecule has 0 aliphatic rings. The highest BCUT2D eigenvalue weighted by molar-refractivity contribution is 5.96. The molecule has 0 spiro atoms. The molecular formula is C37H31N. The van der Waals surface area contributed by atoms with Gasteiger partial charge >= 0.3 is 0 Å². The number of benzene rings is 6. The molecule has 0 unspecified atom stereocenters. The molecule has 0 bridgehead atoms. The molecule has 0 atom stereocenters. The van der Waals surface area contributed by atoms with Crippen LogP contribution in [0.3, 0.4) is 0 Å². The van der Waals surface area contributed by atoms with Gasteiger partial charge in [-0.1, -0.05) is 109 Å². The van der Waals surface area contributed by atoms with Gasteiger partial charge in [0.1, 0.15) is 0 Å². The van der Waals surface area contributed by atoms with Crippen molar-refractivity contribution in [3.63, 3.8) is 0 Å². The second-order valence-corrected chi connectivity index (χ2v) is 10.0. The van der Waals surface area contributed by atoms with E-state index in [0.29, 0.717) is 0 Å². The van der Waals surface area contributed by atoms with Crippen LogP contribution < -0.4 is 4.90 Å². The van der Waals surface area contributed by atoms with Gasteiger partial charge in [-0.15, -0.1) is 0 Å². The van der Waals surface area contributed by atoms with E-state index in [1.807, 2.05) is 0 Å². The van der Waals surface area contributed by atoms with Crippen molar-refractivity contribution in [2.45, 2.75) is 13.8 Å². The summed E-state index contributed by atoms with van der Waals surface area (Å²) in [5.74, 6) is 0. The topological polar surface area (TPSA) is 3.24 Å². The third-order valence-corrected chi connectivity index (χ3v) is 7.57. The number of nitrogens with zero attached hydrogens (tertiary/aromatic N) is 1. The Hall–Kier alpha value is -4.62. The van der Waals surface area contributed by atoms with Crippen LogP contribution in [0.4, 0.5) is 11.4 Å². The fraction of sp³-hybridized carbons (Fsp3) is 0.0811. The number of hydrogen-bond donors (Lipinski definition) is 0. The van der Waals surface area contributed by atoms with E-state index >= 15 is 0 Å². The molecular weight excluding hydrogens is 458 g/mol. The molecule has 0 aromatic heterocycles. The number of aryl methyl sites for hydroxylation is 2. The Labute approximate surface area is 225 Å². The lowest BCUT2D eigenvalue weighted by Crippen LogP contribution is -2.11. The lowest BCUT2D eigenvalue weighted by atomic mass is 9.87. The van der Waals surface area contributed by atoms with Crippen LogP contribution in [-0.4, -0.2) is 7.05 Å². The molecule has 6 aromatic carbocycles. The average Bonchev–Trinajstić information content (AvgIpc) is 2.97. The summed E-state index contributed by atoms with van der Waals surface area (Å²) in [7, 11) is 2.17. The van der Waals surface area contributed by atoms with E-state index in [1.54, 1.807) is 0 Å². The highest BCUT2D eigenvalue weighted by atomic mass is 15.1. The second kappa shape index (κ2) is 10.0. The Balaban J connectivity index is 1.45. The van der Waals surface area contributed by atoms with E-state index in [4.69, 9.17) is 0 Å². The third kappa shape index (κ3) is 4.37. The summed E-state index contributed by atoms with van der Waals surface area (Å²) in [5, 5.41) is 2.53. The van der Waals surface area contributed by atoms with Crippen molar-refractivity contribution in [2.75, 3.05) is 11.9 Å². The number of hydrogen-bond acceptors (Lipinski definition) is 1. The lowest BCUT2D eigenvalue weighted by Gasteiger charge is -2.27.